The Kier molecular flexibility index (Phi) is 5.12. The van der Waals surface area contributed by atoms with Crippen LogP contribution in [0.2, 0.25) is 0 Å². The van der Waals surface area contributed by atoms with Gasteiger partial charge in [0.1, 0.15) is 4.99 Å². The molecule has 0 aromatic heterocycles. The molecular weight excluding hydrogens is 292 g/mol. The van der Waals surface area contributed by atoms with Gasteiger partial charge < -0.3 is 5.73 Å². The normalized spacial score (nSPS) is 16.4. The third-order valence-electron chi connectivity index (χ3n) is 3.70. The Morgan fingerprint density at radius 2 is 1.95 bits per heavy atom. The molecule has 1 aliphatic carbocycles. The minimum atomic E-state index is -3.34. The zero-order chi connectivity index (χ0) is 14.6. The summed E-state index contributed by atoms with van der Waals surface area (Å²) in [5.41, 5.74) is 6.91. The van der Waals surface area contributed by atoms with Crippen LogP contribution in [0.4, 0.5) is 0 Å². The van der Waals surface area contributed by atoms with E-state index in [1.165, 1.54) is 12.8 Å². The average Bonchev–Trinajstić information content (AvgIpc) is 2.89. The zero-order valence-electron chi connectivity index (χ0n) is 11.3. The molecule has 0 radical (unpaired) electrons. The van der Waals surface area contributed by atoms with Gasteiger partial charge in [0.15, 0.2) is 0 Å². The van der Waals surface area contributed by atoms with Crippen molar-refractivity contribution in [1.82, 2.24) is 4.72 Å². The molecule has 1 fully saturated rings. The lowest BCUT2D eigenvalue weighted by atomic mass is 10.1. The van der Waals surface area contributed by atoms with E-state index in [1.807, 2.05) is 0 Å². The summed E-state index contributed by atoms with van der Waals surface area (Å²) >= 11 is 4.95. The lowest BCUT2D eigenvalue weighted by Gasteiger charge is -2.13. The van der Waals surface area contributed by atoms with Crippen LogP contribution in [0, 0.1) is 5.92 Å². The number of nitrogens with two attached hydrogens (primary N) is 1. The fraction of sp³-hybridized carbons (Fsp3) is 0.500. The van der Waals surface area contributed by atoms with Gasteiger partial charge in [-0.1, -0.05) is 49.3 Å². The third-order valence-corrected chi connectivity index (χ3v) is 5.21. The fourth-order valence-corrected chi connectivity index (χ4v) is 4.05. The van der Waals surface area contributed by atoms with E-state index in [1.54, 1.807) is 24.3 Å². The van der Waals surface area contributed by atoms with Crippen LogP contribution >= 0.6 is 12.2 Å². The summed E-state index contributed by atoms with van der Waals surface area (Å²) in [5.74, 6) is 0.406. The standard InChI is InChI=1S/C14H20N2O2S2/c15-14(19)13-8-4-3-7-12(13)10-20(17,18)16-9-11-5-1-2-6-11/h3-4,7-8,11,16H,1-2,5-6,9-10H2,(H2,15,19). The summed E-state index contributed by atoms with van der Waals surface area (Å²) in [4.78, 5) is 0.228. The molecule has 0 aliphatic heterocycles. The summed E-state index contributed by atoms with van der Waals surface area (Å²) in [5, 5.41) is 0. The summed E-state index contributed by atoms with van der Waals surface area (Å²) in [6.07, 6.45) is 4.64. The van der Waals surface area contributed by atoms with Crippen molar-refractivity contribution in [2.24, 2.45) is 11.7 Å². The van der Waals surface area contributed by atoms with Crippen LogP contribution in [0.15, 0.2) is 24.3 Å². The van der Waals surface area contributed by atoms with Crippen molar-refractivity contribution in [3.05, 3.63) is 35.4 Å². The fourth-order valence-electron chi connectivity index (χ4n) is 2.60. The highest BCUT2D eigenvalue weighted by Crippen LogP contribution is 2.24. The molecule has 0 atom stereocenters. The predicted molar refractivity (Wildman–Crippen MR) is 84.9 cm³/mol. The molecule has 110 valence electrons. The van der Waals surface area contributed by atoms with Crippen LogP contribution in [-0.4, -0.2) is 20.0 Å². The van der Waals surface area contributed by atoms with Gasteiger partial charge in [-0.05, 0) is 24.3 Å². The first-order chi connectivity index (χ1) is 9.48. The van der Waals surface area contributed by atoms with Gasteiger partial charge in [0.25, 0.3) is 0 Å². The van der Waals surface area contributed by atoms with E-state index in [0.717, 1.165) is 12.8 Å². The second kappa shape index (κ2) is 6.65. The molecule has 4 nitrogen and oxygen atoms in total. The van der Waals surface area contributed by atoms with Gasteiger partial charge in [-0.25, -0.2) is 13.1 Å². The second-order valence-electron chi connectivity index (χ2n) is 5.28. The van der Waals surface area contributed by atoms with Gasteiger partial charge in [0.2, 0.25) is 10.0 Å². The first kappa shape index (κ1) is 15.4. The molecule has 6 heteroatoms. The van der Waals surface area contributed by atoms with Gasteiger partial charge in [0.05, 0.1) is 5.75 Å². The summed E-state index contributed by atoms with van der Waals surface area (Å²) in [6, 6.07) is 7.10. The number of hydrogen-bond acceptors (Lipinski definition) is 3. The lowest BCUT2D eigenvalue weighted by Crippen LogP contribution is -2.30. The number of nitrogens with one attached hydrogen (secondary N) is 1. The van der Waals surface area contributed by atoms with E-state index in [9.17, 15) is 8.42 Å². The SMILES string of the molecule is NC(=S)c1ccccc1CS(=O)(=O)NCC1CCCC1. The van der Waals surface area contributed by atoms with Crippen molar-refractivity contribution in [2.45, 2.75) is 31.4 Å². The molecule has 0 bridgehead atoms. The predicted octanol–water partition coefficient (Wildman–Crippen LogP) is 1.93. The molecule has 0 saturated heterocycles. The van der Waals surface area contributed by atoms with Gasteiger partial charge in [-0.2, -0.15) is 0 Å². The van der Waals surface area contributed by atoms with Gasteiger partial charge >= 0.3 is 0 Å². The highest BCUT2D eigenvalue weighted by Gasteiger charge is 2.19. The molecule has 0 heterocycles. The topological polar surface area (TPSA) is 72.2 Å². The van der Waals surface area contributed by atoms with Crippen LogP contribution in [0.5, 0.6) is 0 Å². The molecule has 2 rings (SSSR count). The smallest absolute Gasteiger partial charge is 0.215 e. The first-order valence-electron chi connectivity index (χ1n) is 6.83. The Hall–Kier alpha value is -0.980. The van der Waals surface area contributed by atoms with Gasteiger partial charge in [-0.3, -0.25) is 0 Å². The Morgan fingerprint density at radius 3 is 2.60 bits per heavy atom. The van der Waals surface area contributed by atoms with Crippen LogP contribution in [0.1, 0.15) is 36.8 Å². The molecule has 1 saturated carbocycles. The highest BCUT2D eigenvalue weighted by molar-refractivity contribution is 7.88. The Bertz CT molecular complexity index is 579. The van der Waals surface area contributed by atoms with Crippen molar-refractivity contribution in [1.29, 1.82) is 0 Å². The van der Waals surface area contributed by atoms with Crippen molar-refractivity contribution < 1.29 is 8.42 Å². The van der Waals surface area contributed by atoms with E-state index >= 15 is 0 Å². The van der Waals surface area contributed by atoms with E-state index in [4.69, 9.17) is 18.0 Å². The Balaban J connectivity index is 2.02. The average molecular weight is 312 g/mol. The number of thiocarbonyl (C=S) groups is 1. The van der Waals surface area contributed by atoms with E-state index < -0.39 is 10.0 Å². The van der Waals surface area contributed by atoms with Crippen molar-refractivity contribution in [3.8, 4) is 0 Å². The summed E-state index contributed by atoms with van der Waals surface area (Å²) < 4.78 is 27.0. The van der Waals surface area contributed by atoms with E-state index in [0.29, 0.717) is 23.6 Å². The van der Waals surface area contributed by atoms with Crippen LogP contribution in [-0.2, 0) is 15.8 Å². The molecule has 20 heavy (non-hydrogen) atoms. The molecule has 1 aromatic rings. The quantitative estimate of drug-likeness (QED) is 0.787. The minimum Gasteiger partial charge on any atom is -0.389 e. The maximum absolute atomic E-state index is 12.1. The molecule has 0 spiro atoms. The number of sulfonamides is 1. The second-order valence-corrected chi connectivity index (χ2v) is 7.53. The third kappa shape index (κ3) is 4.26. The van der Waals surface area contributed by atoms with Gasteiger partial charge in [0, 0.05) is 12.1 Å². The maximum atomic E-state index is 12.1. The maximum Gasteiger partial charge on any atom is 0.215 e. The van der Waals surface area contributed by atoms with Crippen molar-refractivity contribution >= 4 is 27.2 Å². The Morgan fingerprint density at radius 1 is 1.30 bits per heavy atom. The largest absolute Gasteiger partial charge is 0.389 e. The van der Waals surface area contributed by atoms with Crippen LogP contribution in [0.25, 0.3) is 0 Å². The van der Waals surface area contributed by atoms with E-state index in [-0.39, 0.29) is 10.7 Å². The molecule has 0 amide bonds. The monoisotopic (exact) mass is 312 g/mol. The Labute approximate surface area is 125 Å². The number of hydrogen-bond donors (Lipinski definition) is 2. The molecule has 1 aromatic carbocycles. The van der Waals surface area contributed by atoms with Crippen molar-refractivity contribution in [3.63, 3.8) is 0 Å². The number of rotatable bonds is 6. The minimum absolute atomic E-state index is 0.0762. The molecule has 3 N–H and O–H groups in total. The van der Waals surface area contributed by atoms with Gasteiger partial charge in [-0.15, -0.1) is 0 Å². The highest BCUT2D eigenvalue weighted by atomic mass is 32.2. The number of benzene rings is 1. The first-order valence-corrected chi connectivity index (χ1v) is 8.89. The molecular formula is C14H20N2O2S2. The molecule has 1 aliphatic rings. The zero-order valence-corrected chi connectivity index (χ0v) is 13.0. The van der Waals surface area contributed by atoms with Crippen molar-refractivity contribution in [2.75, 3.05) is 6.54 Å². The van der Waals surface area contributed by atoms with Crippen LogP contribution < -0.4 is 10.5 Å². The molecule has 0 unspecified atom stereocenters. The van der Waals surface area contributed by atoms with Crippen LogP contribution in [0.3, 0.4) is 0 Å². The summed E-state index contributed by atoms with van der Waals surface area (Å²) in [6.45, 7) is 0.539. The lowest BCUT2D eigenvalue weighted by molar-refractivity contribution is 0.519. The summed E-state index contributed by atoms with van der Waals surface area (Å²) in [7, 11) is -3.34. The van der Waals surface area contributed by atoms with E-state index in [2.05, 4.69) is 4.72 Å².